The number of nitrogens with zero attached hydrogens (tertiary/aromatic N) is 2. The highest BCUT2D eigenvalue weighted by Crippen LogP contribution is 2.57. The fourth-order valence-electron chi connectivity index (χ4n) is 2.39. The van der Waals surface area contributed by atoms with Gasteiger partial charge in [0.2, 0.25) is 0 Å². The summed E-state index contributed by atoms with van der Waals surface area (Å²) in [5.41, 5.74) is 0.506. The molecule has 7 heteroatoms. The summed E-state index contributed by atoms with van der Waals surface area (Å²) in [5.74, 6) is 0.591. The monoisotopic (exact) mass is 321 g/mol. The molecule has 6 nitrogen and oxygen atoms in total. The second-order valence-electron chi connectivity index (χ2n) is 5.63. The molecule has 0 saturated carbocycles. The van der Waals surface area contributed by atoms with Gasteiger partial charge in [-0.3, -0.25) is 14.9 Å². The Bertz CT molecular complexity index is 655. The molecule has 1 aliphatic rings. The molecule has 1 atom stereocenters. The minimum Gasteiger partial charge on any atom is -0.302 e. The summed E-state index contributed by atoms with van der Waals surface area (Å²) >= 11 is 0. The van der Waals surface area contributed by atoms with Crippen molar-refractivity contribution < 1.29 is 9.72 Å². The van der Waals surface area contributed by atoms with Crippen molar-refractivity contribution in [3.63, 3.8) is 0 Å². The lowest BCUT2D eigenvalue weighted by molar-refractivity contribution is -0.411. The predicted molar refractivity (Wildman–Crippen MR) is 89.6 cm³/mol. The van der Waals surface area contributed by atoms with Crippen molar-refractivity contribution in [2.24, 2.45) is 10.9 Å². The lowest BCUT2D eigenvalue weighted by Crippen LogP contribution is -2.35. The number of amidine groups is 1. The Morgan fingerprint density at radius 2 is 2.00 bits per heavy atom. The number of amides is 1. The lowest BCUT2D eigenvalue weighted by atomic mass is 10.2. The Hall–Kier alpha value is -2.15. The van der Waals surface area contributed by atoms with Crippen LogP contribution in [-0.4, -0.2) is 28.0 Å². The molecule has 0 spiro atoms. The second-order valence-corrected chi connectivity index (χ2v) is 8.94. The van der Waals surface area contributed by atoms with E-state index in [1.807, 2.05) is 26.2 Å². The molecular weight excluding hydrogens is 302 g/mol. The van der Waals surface area contributed by atoms with Gasteiger partial charge in [0.1, 0.15) is 6.20 Å². The highest BCUT2D eigenvalue weighted by Gasteiger charge is 2.42. The van der Waals surface area contributed by atoms with Gasteiger partial charge in [-0.2, -0.15) is 0 Å². The van der Waals surface area contributed by atoms with Crippen LogP contribution in [0.2, 0.25) is 0 Å². The third-order valence-electron chi connectivity index (χ3n) is 3.28. The summed E-state index contributed by atoms with van der Waals surface area (Å²) < 4.78 is 0. The Balaban J connectivity index is 2.24. The maximum Gasteiger partial charge on any atom is 0.310 e. The number of nitro groups is 1. The van der Waals surface area contributed by atoms with Crippen LogP contribution < -0.4 is 5.32 Å². The second kappa shape index (κ2) is 6.31. The van der Waals surface area contributed by atoms with Gasteiger partial charge in [-0.15, -0.1) is 0 Å². The lowest BCUT2D eigenvalue weighted by Gasteiger charge is -2.31. The zero-order valence-corrected chi connectivity index (χ0v) is 13.6. The van der Waals surface area contributed by atoms with Gasteiger partial charge in [0.25, 0.3) is 5.91 Å². The summed E-state index contributed by atoms with van der Waals surface area (Å²) in [6.07, 6.45) is 3.11. The minimum absolute atomic E-state index is 0.101. The first kappa shape index (κ1) is 16.2. The first-order chi connectivity index (χ1) is 10.3. The Kier molecular flexibility index (Phi) is 4.65. The quantitative estimate of drug-likeness (QED) is 0.683. The van der Waals surface area contributed by atoms with Gasteiger partial charge in [0, 0.05) is 5.56 Å². The van der Waals surface area contributed by atoms with E-state index in [-0.39, 0.29) is 21.8 Å². The van der Waals surface area contributed by atoms with E-state index in [9.17, 15) is 14.9 Å². The van der Waals surface area contributed by atoms with Crippen LogP contribution in [0.4, 0.5) is 0 Å². The zero-order valence-electron chi connectivity index (χ0n) is 12.8. The van der Waals surface area contributed by atoms with Gasteiger partial charge in [-0.05, 0) is 30.1 Å². The molecule has 1 aromatic rings. The summed E-state index contributed by atoms with van der Waals surface area (Å²) in [6, 6.07) is 8.76. The molecule has 118 valence electrons. The number of carbonyl (C=O) groups excluding carboxylic acids is 1. The van der Waals surface area contributed by atoms with Gasteiger partial charge in [-0.1, -0.05) is 42.1 Å². The SMILES string of the molecule is CC(C)CS1(C)C([N+](=O)[O-])=CN=C1NC(=O)c1ccccc1. The van der Waals surface area contributed by atoms with Crippen molar-refractivity contribution >= 4 is 21.1 Å². The molecule has 0 radical (unpaired) electrons. The van der Waals surface area contributed by atoms with Gasteiger partial charge in [0.05, 0.1) is 4.92 Å². The normalized spacial score (nSPS) is 23.5. The molecule has 1 aliphatic heterocycles. The molecule has 0 aromatic heterocycles. The maximum atomic E-state index is 12.3. The summed E-state index contributed by atoms with van der Waals surface area (Å²) in [7, 11) is -1.91. The first-order valence-electron chi connectivity index (χ1n) is 6.89. The van der Waals surface area contributed by atoms with E-state index < -0.39 is 10.0 Å². The van der Waals surface area contributed by atoms with E-state index in [4.69, 9.17) is 0 Å². The Morgan fingerprint density at radius 3 is 2.55 bits per heavy atom. The Morgan fingerprint density at radius 1 is 1.36 bits per heavy atom. The van der Waals surface area contributed by atoms with Crippen LogP contribution in [0.25, 0.3) is 0 Å². The van der Waals surface area contributed by atoms with Gasteiger partial charge >= 0.3 is 5.03 Å². The molecule has 1 unspecified atom stereocenters. The van der Waals surface area contributed by atoms with Crippen molar-refractivity contribution in [3.05, 3.63) is 57.2 Å². The van der Waals surface area contributed by atoms with Crippen LogP contribution in [-0.2, 0) is 0 Å². The molecule has 1 amide bonds. The molecule has 0 fully saturated rings. The highest BCUT2D eigenvalue weighted by molar-refractivity contribution is 8.47. The van der Waals surface area contributed by atoms with E-state index in [0.717, 1.165) is 0 Å². The summed E-state index contributed by atoms with van der Waals surface area (Å²) in [5, 5.41) is 14.6. The standard InChI is InChI=1S/C15H19N3O3S/c1-11(2)10-22(3)13(18(20)21)9-16-15(22)17-14(19)12-7-5-4-6-8-12/h4-9,11H,10H2,1-3H3,(H,16,17,19). The Labute approximate surface area is 130 Å². The molecule has 1 heterocycles. The predicted octanol–water partition coefficient (Wildman–Crippen LogP) is 2.95. The van der Waals surface area contributed by atoms with Crippen molar-refractivity contribution in [3.8, 4) is 0 Å². The molecule has 0 saturated heterocycles. The van der Waals surface area contributed by atoms with Crippen molar-refractivity contribution in [1.29, 1.82) is 0 Å². The van der Waals surface area contributed by atoms with Crippen LogP contribution in [0.5, 0.6) is 0 Å². The molecule has 2 rings (SSSR count). The third-order valence-corrected chi connectivity index (χ3v) is 6.86. The number of aliphatic imine (C=N–C) groups is 1. The fourth-order valence-corrected chi connectivity index (χ4v) is 5.47. The maximum absolute atomic E-state index is 12.3. The van der Waals surface area contributed by atoms with Gasteiger partial charge < -0.3 is 5.32 Å². The number of carbonyl (C=O) groups is 1. The molecule has 1 N–H and O–H groups in total. The van der Waals surface area contributed by atoms with Crippen LogP contribution in [0.15, 0.2) is 46.6 Å². The van der Waals surface area contributed by atoms with Crippen molar-refractivity contribution in [2.45, 2.75) is 13.8 Å². The van der Waals surface area contributed by atoms with Crippen LogP contribution in [0.1, 0.15) is 24.2 Å². The van der Waals surface area contributed by atoms with E-state index in [1.54, 1.807) is 24.3 Å². The first-order valence-corrected chi connectivity index (χ1v) is 9.10. The van der Waals surface area contributed by atoms with E-state index in [0.29, 0.717) is 16.5 Å². The van der Waals surface area contributed by atoms with Crippen molar-refractivity contribution in [1.82, 2.24) is 5.32 Å². The molecule has 0 aliphatic carbocycles. The summed E-state index contributed by atoms with van der Waals surface area (Å²) in [6.45, 7) is 4.01. The van der Waals surface area contributed by atoms with Crippen LogP contribution in [0.3, 0.4) is 0 Å². The average Bonchev–Trinajstić information content (AvgIpc) is 2.75. The molecule has 0 bridgehead atoms. The number of hydrogen-bond donors (Lipinski definition) is 1. The smallest absolute Gasteiger partial charge is 0.302 e. The molecule has 1 aromatic carbocycles. The number of hydrogen-bond acceptors (Lipinski definition) is 4. The van der Waals surface area contributed by atoms with Gasteiger partial charge in [0.15, 0.2) is 5.17 Å². The fraction of sp³-hybridized carbons (Fsp3) is 0.333. The topological polar surface area (TPSA) is 84.6 Å². The molecular formula is C15H19N3O3S. The number of benzene rings is 1. The van der Waals surface area contributed by atoms with Crippen molar-refractivity contribution in [2.75, 3.05) is 12.0 Å². The number of nitrogens with one attached hydrogen (secondary N) is 1. The zero-order chi connectivity index (χ0) is 16.3. The van der Waals surface area contributed by atoms with E-state index >= 15 is 0 Å². The highest BCUT2D eigenvalue weighted by atomic mass is 32.3. The van der Waals surface area contributed by atoms with E-state index in [1.165, 1.54) is 6.20 Å². The number of rotatable bonds is 4. The average molecular weight is 321 g/mol. The van der Waals surface area contributed by atoms with Gasteiger partial charge in [-0.25, -0.2) is 4.99 Å². The molecule has 22 heavy (non-hydrogen) atoms. The van der Waals surface area contributed by atoms with Crippen LogP contribution >= 0.6 is 10.0 Å². The van der Waals surface area contributed by atoms with E-state index in [2.05, 4.69) is 10.3 Å². The third kappa shape index (κ3) is 3.19. The van der Waals surface area contributed by atoms with Crippen LogP contribution in [0, 0.1) is 16.0 Å². The summed E-state index contributed by atoms with van der Waals surface area (Å²) in [4.78, 5) is 27.3. The minimum atomic E-state index is -1.91. The largest absolute Gasteiger partial charge is 0.310 e.